The van der Waals surface area contributed by atoms with E-state index < -0.39 is 5.41 Å². The largest absolute Gasteiger partial charge is 0.457 e. The van der Waals surface area contributed by atoms with Crippen molar-refractivity contribution in [3.63, 3.8) is 0 Å². The average molecular weight is 402 g/mol. The Labute approximate surface area is 177 Å². The van der Waals surface area contributed by atoms with Gasteiger partial charge < -0.3 is 14.8 Å². The van der Waals surface area contributed by atoms with E-state index in [0.717, 1.165) is 22.6 Å². The second kappa shape index (κ2) is 9.14. The molecule has 3 aromatic carbocycles. The molecule has 0 unspecified atom stereocenters. The van der Waals surface area contributed by atoms with Gasteiger partial charge in [-0.2, -0.15) is 0 Å². The van der Waals surface area contributed by atoms with Crippen molar-refractivity contribution < 1.29 is 14.3 Å². The maximum atomic E-state index is 13.4. The molecule has 1 N–H and O–H groups in total. The number of rotatable bonds is 6. The maximum absolute atomic E-state index is 13.4. The lowest BCUT2D eigenvalue weighted by atomic mass is 9.73. The third kappa shape index (κ3) is 4.39. The number of ether oxygens (including phenoxy) is 2. The standard InChI is InChI=1S/C26H27NO3/c1-20-11-13-23(14-12-20)30-24-10-6-5-7-21(24)19-27-25(28)26(15-17-29-18-16-26)22-8-3-2-4-9-22/h2-14H,15-19H2,1H3,(H,27,28). The van der Waals surface area contributed by atoms with Crippen LogP contribution in [0.15, 0.2) is 78.9 Å². The fourth-order valence-electron chi connectivity index (χ4n) is 3.95. The van der Waals surface area contributed by atoms with Gasteiger partial charge in [-0.1, -0.05) is 66.2 Å². The van der Waals surface area contributed by atoms with Crippen LogP contribution in [0.25, 0.3) is 0 Å². The third-order valence-corrected chi connectivity index (χ3v) is 5.77. The number of benzene rings is 3. The third-order valence-electron chi connectivity index (χ3n) is 5.77. The molecule has 1 fully saturated rings. The summed E-state index contributed by atoms with van der Waals surface area (Å²) in [6.07, 6.45) is 1.37. The summed E-state index contributed by atoms with van der Waals surface area (Å²) in [5.41, 5.74) is 2.63. The molecule has 1 aliphatic rings. The van der Waals surface area contributed by atoms with E-state index >= 15 is 0 Å². The lowest BCUT2D eigenvalue weighted by Crippen LogP contribution is -2.47. The molecule has 0 atom stereocenters. The molecule has 4 nitrogen and oxygen atoms in total. The van der Waals surface area contributed by atoms with E-state index in [-0.39, 0.29) is 5.91 Å². The molecule has 1 aliphatic heterocycles. The number of hydrogen-bond acceptors (Lipinski definition) is 3. The highest BCUT2D eigenvalue weighted by Crippen LogP contribution is 2.35. The summed E-state index contributed by atoms with van der Waals surface area (Å²) in [7, 11) is 0. The van der Waals surface area contributed by atoms with Gasteiger partial charge in [-0.15, -0.1) is 0 Å². The van der Waals surface area contributed by atoms with Crippen molar-refractivity contribution in [2.45, 2.75) is 31.7 Å². The molecule has 0 radical (unpaired) electrons. The quantitative estimate of drug-likeness (QED) is 0.621. The Balaban J connectivity index is 1.51. The lowest BCUT2D eigenvalue weighted by Gasteiger charge is -2.36. The summed E-state index contributed by atoms with van der Waals surface area (Å²) in [5, 5.41) is 3.17. The molecule has 0 bridgehead atoms. The molecular weight excluding hydrogens is 374 g/mol. The number of para-hydroxylation sites is 1. The summed E-state index contributed by atoms with van der Waals surface area (Å²) < 4.78 is 11.6. The first-order chi connectivity index (χ1) is 14.7. The molecule has 3 aromatic rings. The summed E-state index contributed by atoms with van der Waals surface area (Å²) in [6, 6.07) is 25.8. The Kier molecular flexibility index (Phi) is 6.15. The van der Waals surface area contributed by atoms with Crippen LogP contribution in [0.2, 0.25) is 0 Å². The van der Waals surface area contributed by atoms with Crippen LogP contribution in [0.3, 0.4) is 0 Å². The fourth-order valence-corrected chi connectivity index (χ4v) is 3.95. The van der Waals surface area contributed by atoms with E-state index in [0.29, 0.717) is 32.6 Å². The van der Waals surface area contributed by atoms with Crippen molar-refractivity contribution in [2.75, 3.05) is 13.2 Å². The smallest absolute Gasteiger partial charge is 0.231 e. The first-order valence-corrected chi connectivity index (χ1v) is 10.4. The highest BCUT2D eigenvalue weighted by Gasteiger charge is 2.41. The van der Waals surface area contributed by atoms with Gasteiger partial charge in [-0.25, -0.2) is 0 Å². The fraction of sp³-hybridized carbons (Fsp3) is 0.269. The van der Waals surface area contributed by atoms with Gasteiger partial charge >= 0.3 is 0 Å². The Hall–Kier alpha value is -3.11. The molecule has 30 heavy (non-hydrogen) atoms. The van der Waals surface area contributed by atoms with Gasteiger partial charge in [0.05, 0.1) is 5.41 Å². The minimum Gasteiger partial charge on any atom is -0.457 e. The Morgan fingerprint density at radius 2 is 1.60 bits per heavy atom. The van der Waals surface area contributed by atoms with Crippen LogP contribution in [0, 0.1) is 6.92 Å². The number of hydrogen-bond donors (Lipinski definition) is 1. The summed E-state index contributed by atoms with van der Waals surface area (Å²) in [5.74, 6) is 1.58. The minimum atomic E-state index is -0.549. The van der Waals surface area contributed by atoms with Crippen molar-refractivity contribution in [2.24, 2.45) is 0 Å². The summed E-state index contributed by atoms with van der Waals surface area (Å²) >= 11 is 0. The number of amides is 1. The van der Waals surface area contributed by atoms with Crippen molar-refractivity contribution in [3.8, 4) is 11.5 Å². The second-order valence-corrected chi connectivity index (χ2v) is 7.77. The lowest BCUT2D eigenvalue weighted by molar-refractivity contribution is -0.130. The van der Waals surface area contributed by atoms with Crippen LogP contribution in [0.5, 0.6) is 11.5 Å². The van der Waals surface area contributed by atoms with Crippen molar-refractivity contribution in [3.05, 3.63) is 95.6 Å². The zero-order valence-electron chi connectivity index (χ0n) is 17.3. The predicted octanol–water partition coefficient (Wildman–Crippen LogP) is 5.15. The van der Waals surface area contributed by atoms with Crippen LogP contribution in [-0.2, 0) is 21.5 Å². The number of aryl methyl sites for hydroxylation is 1. The topological polar surface area (TPSA) is 47.6 Å². The molecule has 154 valence electrons. The number of carbonyl (C=O) groups excluding carboxylic acids is 1. The zero-order chi connectivity index (χ0) is 20.8. The normalized spacial score (nSPS) is 15.4. The van der Waals surface area contributed by atoms with E-state index in [1.165, 1.54) is 5.56 Å². The Morgan fingerprint density at radius 1 is 0.933 bits per heavy atom. The molecule has 4 heteroatoms. The maximum Gasteiger partial charge on any atom is 0.231 e. The van der Waals surface area contributed by atoms with E-state index in [2.05, 4.69) is 5.32 Å². The molecular formula is C26H27NO3. The molecule has 1 saturated heterocycles. The molecule has 1 heterocycles. The molecule has 0 aromatic heterocycles. The molecule has 1 amide bonds. The van der Waals surface area contributed by atoms with E-state index in [4.69, 9.17) is 9.47 Å². The van der Waals surface area contributed by atoms with Gasteiger partial charge in [0.1, 0.15) is 11.5 Å². The van der Waals surface area contributed by atoms with Crippen molar-refractivity contribution in [1.82, 2.24) is 5.32 Å². The van der Waals surface area contributed by atoms with Gasteiger partial charge in [0.2, 0.25) is 5.91 Å². The number of nitrogens with one attached hydrogen (secondary N) is 1. The first kappa shape index (κ1) is 20.2. The van der Waals surface area contributed by atoms with Gasteiger partial charge in [-0.3, -0.25) is 4.79 Å². The Bertz CT molecular complexity index is 977. The van der Waals surface area contributed by atoms with Crippen LogP contribution in [-0.4, -0.2) is 19.1 Å². The van der Waals surface area contributed by atoms with Crippen LogP contribution >= 0.6 is 0 Å². The van der Waals surface area contributed by atoms with Crippen molar-refractivity contribution >= 4 is 5.91 Å². The van der Waals surface area contributed by atoms with Gasteiger partial charge in [-0.05, 0) is 43.5 Å². The van der Waals surface area contributed by atoms with Crippen molar-refractivity contribution in [1.29, 1.82) is 0 Å². The second-order valence-electron chi connectivity index (χ2n) is 7.77. The van der Waals surface area contributed by atoms with Gasteiger partial charge in [0.25, 0.3) is 0 Å². The average Bonchev–Trinajstić information content (AvgIpc) is 2.81. The summed E-state index contributed by atoms with van der Waals surface area (Å²) in [6.45, 7) is 3.65. The zero-order valence-corrected chi connectivity index (χ0v) is 17.3. The van der Waals surface area contributed by atoms with Gasteiger partial charge in [0, 0.05) is 25.3 Å². The monoisotopic (exact) mass is 401 g/mol. The Morgan fingerprint density at radius 3 is 2.33 bits per heavy atom. The van der Waals surface area contributed by atoms with Gasteiger partial charge in [0.15, 0.2) is 0 Å². The predicted molar refractivity (Wildman–Crippen MR) is 118 cm³/mol. The van der Waals surface area contributed by atoms with Crippen LogP contribution < -0.4 is 10.1 Å². The summed E-state index contributed by atoms with van der Waals surface area (Å²) in [4.78, 5) is 13.4. The highest BCUT2D eigenvalue weighted by atomic mass is 16.5. The van der Waals surface area contributed by atoms with E-state index in [1.54, 1.807) is 0 Å². The minimum absolute atomic E-state index is 0.0436. The van der Waals surface area contributed by atoms with E-state index in [1.807, 2.05) is 85.8 Å². The SMILES string of the molecule is Cc1ccc(Oc2ccccc2CNC(=O)C2(c3ccccc3)CCOCC2)cc1. The number of carbonyl (C=O) groups is 1. The van der Waals surface area contributed by atoms with Crippen LogP contribution in [0.1, 0.15) is 29.5 Å². The van der Waals surface area contributed by atoms with Crippen LogP contribution in [0.4, 0.5) is 0 Å². The molecule has 0 aliphatic carbocycles. The first-order valence-electron chi connectivity index (χ1n) is 10.4. The van der Waals surface area contributed by atoms with E-state index in [9.17, 15) is 4.79 Å². The highest BCUT2D eigenvalue weighted by molar-refractivity contribution is 5.88. The molecule has 4 rings (SSSR count). The molecule has 0 spiro atoms. The molecule has 0 saturated carbocycles.